The van der Waals surface area contributed by atoms with Gasteiger partial charge in [-0.25, -0.2) is 4.98 Å². The van der Waals surface area contributed by atoms with Gasteiger partial charge in [-0.15, -0.1) is 0 Å². The van der Waals surface area contributed by atoms with Crippen molar-refractivity contribution < 1.29 is 0 Å². The van der Waals surface area contributed by atoms with E-state index in [4.69, 9.17) is 35.4 Å². The zero-order valence-corrected chi connectivity index (χ0v) is 18.1. The van der Waals surface area contributed by atoms with Crippen LogP contribution >= 0.6 is 51.3 Å². The molecule has 0 atom stereocenters. The molecule has 0 saturated heterocycles. The van der Waals surface area contributed by atoms with Gasteiger partial charge in [-0.2, -0.15) is 0 Å². The van der Waals surface area contributed by atoms with Crippen LogP contribution in [0, 0.1) is 0 Å². The van der Waals surface area contributed by atoms with Gasteiger partial charge >= 0.3 is 0 Å². The van der Waals surface area contributed by atoms with E-state index in [2.05, 4.69) is 43.7 Å². The average molecular weight is 473 g/mol. The molecule has 138 valence electrons. The molecule has 0 radical (unpaired) electrons. The summed E-state index contributed by atoms with van der Waals surface area (Å²) in [6.45, 7) is 0.768. The molecule has 1 heterocycles. The lowest BCUT2D eigenvalue weighted by Gasteiger charge is -2.38. The predicted molar refractivity (Wildman–Crippen MR) is 117 cm³/mol. The highest BCUT2D eigenvalue weighted by Gasteiger charge is 2.34. The van der Waals surface area contributed by atoms with Crippen molar-refractivity contribution in [1.29, 1.82) is 0 Å². The van der Waals surface area contributed by atoms with Gasteiger partial charge in [0.25, 0.3) is 0 Å². The number of hydrogen-bond donors (Lipinski definition) is 2. The van der Waals surface area contributed by atoms with Crippen molar-refractivity contribution in [2.24, 2.45) is 0 Å². The smallest absolute Gasteiger partial charge is 0.172 e. The van der Waals surface area contributed by atoms with Crippen LogP contribution in [0.5, 0.6) is 0 Å². The summed E-state index contributed by atoms with van der Waals surface area (Å²) in [5.74, 6) is 0.646. The van der Waals surface area contributed by atoms with Crippen molar-refractivity contribution in [3.63, 3.8) is 0 Å². The van der Waals surface area contributed by atoms with Gasteiger partial charge in [-0.1, -0.05) is 54.6 Å². The Hall–Kier alpha value is -0.880. The number of benzene rings is 1. The fraction of sp³-hybridized carbons (Fsp3) is 0.368. The molecular weight excluding hydrogens is 453 g/mol. The Morgan fingerprint density at radius 3 is 2.62 bits per heavy atom. The molecule has 0 bridgehead atoms. The highest BCUT2D eigenvalue weighted by molar-refractivity contribution is 9.10. The predicted octanol–water partition coefficient (Wildman–Crippen LogP) is 6.34. The Bertz CT molecular complexity index is 794. The average Bonchev–Trinajstić information content (AvgIpc) is 2.63. The van der Waals surface area contributed by atoms with Crippen LogP contribution in [-0.2, 0) is 5.41 Å². The molecule has 0 aliphatic heterocycles. The van der Waals surface area contributed by atoms with Gasteiger partial charge in [0.1, 0.15) is 5.82 Å². The molecule has 26 heavy (non-hydrogen) atoms. The molecule has 0 amide bonds. The quantitative estimate of drug-likeness (QED) is 0.509. The van der Waals surface area contributed by atoms with E-state index in [1.54, 1.807) is 12.3 Å². The summed E-state index contributed by atoms with van der Waals surface area (Å²) >= 11 is 21.1. The van der Waals surface area contributed by atoms with Crippen molar-refractivity contribution in [3.8, 4) is 0 Å². The second kappa shape index (κ2) is 8.87. The monoisotopic (exact) mass is 471 g/mol. The summed E-state index contributed by atoms with van der Waals surface area (Å²) in [5.41, 5.74) is 1.34. The molecule has 1 aliphatic rings. The van der Waals surface area contributed by atoms with E-state index in [0.717, 1.165) is 28.9 Å². The van der Waals surface area contributed by atoms with Crippen molar-refractivity contribution >= 4 is 62.3 Å². The molecular formula is C19H20BrCl2N3S. The van der Waals surface area contributed by atoms with Crippen LogP contribution in [0.15, 0.2) is 41.0 Å². The van der Waals surface area contributed by atoms with E-state index in [-0.39, 0.29) is 5.41 Å². The topological polar surface area (TPSA) is 37.0 Å². The zero-order chi connectivity index (χ0) is 18.6. The maximum atomic E-state index is 6.24. The molecule has 1 fully saturated rings. The highest BCUT2D eigenvalue weighted by atomic mass is 79.9. The molecule has 3 rings (SSSR count). The number of aromatic nitrogens is 1. The largest absolute Gasteiger partial charge is 0.362 e. The molecule has 1 aromatic carbocycles. The van der Waals surface area contributed by atoms with Crippen LogP contribution in [0.1, 0.15) is 37.7 Å². The summed E-state index contributed by atoms with van der Waals surface area (Å²) < 4.78 is 0.774. The number of halogens is 3. The first-order chi connectivity index (χ1) is 12.5. The Morgan fingerprint density at radius 2 is 1.92 bits per heavy atom. The van der Waals surface area contributed by atoms with Crippen molar-refractivity contribution in [2.45, 2.75) is 37.5 Å². The van der Waals surface area contributed by atoms with Gasteiger partial charge in [0.15, 0.2) is 5.11 Å². The third kappa shape index (κ3) is 4.89. The SMILES string of the molecule is S=C(NCC1(c2cccc(Cl)c2)CCCCC1)Nc1ncc(Cl)cc1Br. The molecule has 7 heteroatoms. The number of anilines is 1. The van der Waals surface area contributed by atoms with Gasteiger partial charge in [0, 0.05) is 23.2 Å². The Kier molecular flexibility index (Phi) is 6.78. The molecule has 1 aliphatic carbocycles. The van der Waals surface area contributed by atoms with E-state index in [1.165, 1.54) is 24.8 Å². The van der Waals surface area contributed by atoms with Crippen LogP contribution in [0.4, 0.5) is 5.82 Å². The standard InChI is InChI=1S/C19H20BrCl2N3S/c20-16-10-15(22)11-23-17(16)25-18(26)24-12-19(7-2-1-3-8-19)13-5-4-6-14(21)9-13/h4-6,9-11H,1-3,7-8,12H2,(H2,23,24,25,26). The zero-order valence-electron chi connectivity index (χ0n) is 14.2. The van der Waals surface area contributed by atoms with Gasteiger partial charge in [0.05, 0.1) is 9.50 Å². The minimum absolute atomic E-state index is 0.0551. The maximum absolute atomic E-state index is 6.24. The van der Waals surface area contributed by atoms with Crippen molar-refractivity contribution in [1.82, 2.24) is 10.3 Å². The van der Waals surface area contributed by atoms with Crippen molar-refractivity contribution in [2.75, 3.05) is 11.9 Å². The first kappa shape index (κ1) is 19.9. The fourth-order valence-electron chi connectivity index (χ4n) is 3.52. The van der Waals surface area contributed by atoms with E-state index in [1.807, 2.05) is 12.1 Å². The van der Waals surface area contributed by atoms with Gasteiger partial charge < -0.3 is 10.6 Å². The van der Waals surface area contributed by atoms with Crippen LogP contribution < -0.4 is 10.6 Å². The van der Waals surface area contributed by atoms with E-state index < -0.39 is 0 Å². The number of nitrogens with zero attached hydrogens (tertiary/aromatic N) is 1. The normalized spacial score (nSPS) is 16.1. The van der Waals surface area contributed by atoms with Crippen molar-refractivity contribution in [3.05, 3.63) is 56.6 Å². The summed E-state index contributed by atoms with van der Waals surface area (Å²) in [4.78, 5) is 4.26. The first-order valence-electron chi connectivity index (χ1n) is 8.60. The summed E-state index contributed by atoms with van der Waals surface area (Å²) in [6.07, 6.45) is 7.58. The van der Waals surface area contributed by atoms with Crippen LogP contribution in [-0.4, -0.2) is 16.6 Å². The highest BCUT2D eigenvalue weighted by Crippen LogP contribution is 2.39. The van der Waals surface area contributed by atoms with Crippen LogP contribution in [0.2, 0.25) is 10.0 Å². The lowest BCUT2D eigenvalue weighted by Crippen LogP contribution is -2.43. The third-order valence-electron chi connectivity index (χ3n) is 4.87. The minimum Gasteiger partial charge on any atom is -0.362 e. The first-order valence-corrected chi connectivity index (χ1v) is 10.6. The molecule has 0 spiro atoms. The third-order valence-corrected chi connectivity index (χ3v) is 6.17. The Morgan fingerprint density at radius 1 is 1.15 bits per heavy atom. The number of pyridine rings is 1. The number of thiocarbonyl (C=S) groups is 1. The number of nitrogens with one attached hydrogen (secondary N) is 2. The van der Waals surface area contributed by atoms with Crippen LogP contribution in [0.25, 0.3) is 0 Å². The molecule has 2 N–H and O–H groups in total. The summed E-state index contributed by atoms with van der Waals surface area (Å²) in [7, 11) is 0. The maximum Gasteiger partial charge on any atom is 0.172 e. The molecule has 3 nitrogen and oxygen atoms in total. The van der Waals surface area contributed by atoms with E-state index in [0.29, 0.717) is 16.0 Å². The van der Waals surface area contributed by atoms with Gasteiger partial charge in [-0.3, -0.25) is 0 Å². The Labute approximate surface area is 178 Å². The summed E-state index contributed by atoms with van der Waals surface area (Å²) in [6, 6.07) is 9.99. The van der Waals surface area contributed by atoms with Gasteiger partial charge in [-0.05, 0) is 64.8 Å². The number of rotatable bonds is 4. The molecule has 1 aromatic heterocycles. The summed E-state index contributed by atoms with van der Waals surface area (Å²) in [5, 5.41) is 8.42. The molecule has 0 unspecified atom stereocenters. The molecule has 1 saturated carbocycles. The van der Waals surface area contributed by atoms with Crippen LogP contribution in [0.3, 0.4) is 0 Å². The second-order valence-electron chi connectivity index (χ2n) is 6.64. The van der Waals surface area contributed by atoms with E-state index >= 15 is 0 Å². The number of hydrogen-bond acceptors (Lipinski definition) is 2. The van der Waals surface area contributed by atoms with E-state index in [9.17, 15) is 0 Å². The lowest BCUT2D eigenvalue weighted by atomic mass is 9.69. The Balaban J connectivity index is 1.70. The minimum atomic E-state index is 0.0551. The fourth-order valence-corrected chi connectivity index (χ4v) is 4.62. The van der Waals surface area contributed by atoms with Gasteiger partial charge in [0.2, 0.25) is 0 Å². The lowest BCUT2D eigenvalue weighted by molar-refractivity contribution is 0.292. The second-order valence-corrected chi connectivity index (χ2v) is 8.78. The molecule has 2 aromatic rings.